The van der Waals surface area contributed by atoms with E-state index in [2.05, 4.69) is 4.40 Å². The fourth-order valence-electron chi connectivity index (χ4n) is 4.55. The van der Waals surface area contributed by atoms with Crippen LogP contribution in [-0.4, -0.2) is 88.2 Å². The van der Waals surface area contributed by atoms with Crippen LogP contribution in [0.5, 0.6) is 0 Å². The van der Waals surface area contributed by atoms with Crippen molar-refractivity contribution in [2.45, 2.75) is 30.2 Å². The van der Waals surface area contributed by atoms with Gasteiger partial charge in [-0.3, -0.25) is 9.80 Å². The number of hydrazine groups is 1. The summed E-state index contributed by atoms with van der Waals surface area (Å²) in [6.45, 7) is 0.970. The zero-order valence-corrected chi connectivity index (χ0v) is 18.7. The van der Waals surface area contributed by atoms with Crippen LogP contribution >= 0.6 is 0 Å². The lowest BCUT2D eigenvalue weighted by Crippen LogP contribution is -2.54. The number of hydrogen-bond donors (Lipinski definition) is 0. The molecule has 2 atom stereocenters. The topological polar surface area (TPSA) is 107 Å². The van der Waals surface area contributed by atoms with E-state index in [1.807, 2.05) is 4.90 Å². The van der Waals surface area contributed by atoms with Gasteiger partial charge in [0.05, 0.1) is 23.5 Å². The van der Waals surface area contributed by atoms with E-state index < -0.39 is 19.9 Å². The Hall–Kier alpha value is -1.98. The molecule has 1 amide bonds. The summed E-state index contributed by atoms with van der Waals surface area (Å²) in [5.41, 5.74) is 0.567. The summed E-state index contributed by atoms with van der Waals surface area (Å²) >= 11 is 0. The number of amidine groups is 1. The van der Waals surface area contributed by atoms with Crippen LogP contribution in [0, 0.1) is 5.92 Å². The Kier molecular flexibility index (Phi) is 5.39. The Labute approximate surface area is 177 Å². The smallest absolute Gasteiger partial charge is 0.285 e. The summed E-state index contributed by atoms with van der Waals surface area (Å²) in [6, 6.07) is 6.36. The highest BCUT2D eigenvalue weighted by atomic mass is 32.2. The number of amides is 1. The second-order valence-corrected chi connectivity index (χ2v) is 12.1. The van der Waals surface area contributed by atoms with E-state index in [0.717, 1.165) is 6.42 Å². The first kappa shape index (κ1) is 21.3. The number of nitrogens with zero attached hydrogens (tertiary/aromatic N) is 4. The van der Waals surface area contributed by atoms with Gasteiger partial charge in [0.15, 0.2) is 15.7 Å². The van der Waals surface area contributed by atoms with Crippen molar-refractivity contribution in [2.24, 2.45) is 10.3 Å². The fourth-order valence-corrected chi connectivity index (χ4v) is 7.47. The molecule has 1 aromatic rings. The van der Waals surface area contributed by atoms with Crippen molar-refractivity contribution in [1.29, 1.82) is 0 Å². The minimum Gasteiger partial charge on any atom is -0.355 e. The lowest BCUT2D eigenvalue weighted by atomic mass is 9.95. The molecule has 0 radical (unpaired) electrons. The van der Waals surface area contributed by atoms with Crippen LogP contribution in [0.3, 0.4) is 0 Å². The molecule has 0 spiro atoms. The summed E-state index contributed by atoms with van der Waals surface area (Å²) in [5, 5.41) is 3.24. The standard InChI is InChI=1S/C19H26N4O5S2/c1-21(2)23(15-9-11-29(25,26)13-15)19(24)14-6-5-10-22(12-14)18-16-7-3-4-8-17(16)30(27,28)20-18/h3-4,7-8,14-15H,5-6,9-13H2,1-2H3. The van der Waals surface area contributed by atoms with E-state index in [4.69, 9.17) is 0 Å². The molecule has 30 heavy (non-hydrogen) atoms. The van der Waals surface area contributed by atoms with E-state index >= 15 is 0 Å². The first-order valence-corrected chi connectivity index (χ1v) is 13.3. The van der Waals surface area contributed by atoms with E-state index in [0.29, 0.717) is 37.3 Å². The van der Waals surface area contributed by atoms with Gasteiger partial charge < -0.3 is 4.90 Å². The number of rotatable bonds is 3. The average molecular weight is 455 g/mol. The number of carbonyl (C=O) groups excluding carboxylic acids is 1. The van der Waals surface area contributed by atoms with Crippen LogP contribution in [0.25, 0.3) is 0 Å². The summed E-state index contributed by atoms with van der Waals surface area (Å²) < 4.78 is 52.7. The van der Waals surface area contributed by atoms with Crippen LogP contribution in [0.15, 0.2) is 33.6 Å². The number of benzene rings is 1. The van der Waals surface area contributed by atoms with Crippen molar-refractivity contribution in [3.05, 3.63) is 29.8 Å². The third-order valence-electron chi connectivity index (χ3n) is 5.89. The van der Waals surface area contributed by atoms with Crippen LogP contribution in [0.2, 0.25) is 0 Å². The van der Waals surface area contributed by atoms with Crippen molar-refractivity contribution < 1.29 is 21.6 Å². The van der Waals surface area contributed by atoms with Crippen LogP contribution in [0.1, 0.15) is 24.8 Å². The molecule has 2 fully saturated rings. The monoisotopic (exact) mass is 454 g/mol. The van der Waals surface area contributed by atoms with Gasteiger partial charge in [0.2, 0.25) is 5.91 Å². The first-order valence-electron chi connectivity index (χ1n) is 9.99. The Bertz CT molecular complexity index is 1100. The molecule has 2 saturated heterocycles. The number of likely N-dealkylation sites (tertiary alicyclic amines) is 1. The minimum absolute atomic E-state index is 0.0221. The molecule has 3 aliphatic rings. The number of sulfonamides is 1. The second-order valence-electron chi connectivity index (χ2n) is 8.26. The van der Waals surface area contributed by atoms with Gasteiger partial charge in [-0.25, -0.2) is 13.4 Å². The number of hydrogen-bond acceptors (Lipinski definition) is 7. The summed E-state index contributed by atoms with van der Waals surface area (Å²) in [4.78, 5) is 15.4. The molecule has 0 aliphatic carbocycles. The molecule has 9 nitrogen and oxygen atoms in total. The molecule has 3 aliphatic heterocycles. The normalized spacial score (nSPS) is 27.0. The van der Waals surface area contributed by atoms with Crippen molar-refractivity contribution in [3.63, 3.8) is 0 Å². The highest BCUT2D eigenvalue weighted by Crippen LogP contribution is 2.31. The summed E-state index contributed by atoms with van der Waals surface area (Å²) in [7, 11) is -3.36. The van der Waals surface area contributed by atoms with Gasteiger partial charge in [-0.15, -0.1) is 4.40 Å². The van der Waals surface area contributed by atoms with Gasteiger partial charge in [-0.2, -0.15) is 8.42 Å². The number of sulfone groups is 1. The summed E-state index contributed by atoms with van der Waals surface area (Å²) in [5.74, 6) is -0.0180. The van der Waals surface area contributed by atoms with Crippen molar-refractivity contribution in [3.8, 4) is 0 Å². The third-order valence-corrected chi connectivity index (χ3v) is 8.97. The SMILES string of the molecule is CN(C)N(C(=O)C1CCCN(C2=NS(=O)(=O)c3ccccc32)C1)C1CCS(=O)(=O)C1. The Morgan fingerprint density at radius 1 is 1.13 bits per heavy atom. The van der Waals surface area contributed by atoms with Crippen molar-refractivity contribution >= 4 is 31.6 Å². The lowest BCUT2D eigenvalue weighted by molar-refractivity contribution is -0.155. The molecule has 0 aromatic heterocycles. The molecular formula is C19H26N4O5S2. The van der Waals surface area contributed by atoms with Crippen LogP contribution < -0.4 is 0 Å². The molecule has 1 aromatic carbocycles. The van der Waals surface area contributed by atoms with Gasteiger partial charge >= 0.3 is 0 Å². The predicted molar refractivity (Wildman–Crippen MR) is 112 cm³/mol. The van der Waals surface area contributed by atoms with Gasteiger partial charge in [-0.05, 0) is 31.4 Å². The molecule has 11 heteroatoms. The second kappa shape index (κ2) is 7.61. The van der Waals surface area contributed by atoms with E-state index in [-0.39, 0.29) is 34.3 Å². The molecule has 4 rings (SSSR count). The molecule has 0 bridgehead atoms. The minimum atomic E-state index is -3.72. The van der Waals surface area contributed by atoms with Crippen molar-refractivity contribution in [2.75, 3.05) is 38.7 Å². The molecular weight excluding hydrogens is 428 g/mol. The van der Waals surface area contributed by atoms with Gasteiger partial charge in [-0.1, -0.05) is 12.1 Å². The maximum atomic E-state index is 13.4. The van der Waals surface area contributed by atoms with Crippen molar-refractivity contribution in [1.82, 2.24) is 14.9 Å². The summed E-state index contributed by atoms with van der Waals surface area (Å²) in [6.07, 6.45) is 1.82. The highest BCUT2D eigenvalue weighted by molar-refractivity contribution is 7.91. The maximum absolute atomic E-state index is 13.4. The zero-order chi connectivity index (χ0) is 21.7. The Morgan fingerprint density at radius 2 is 1.87 bits per heavy atom. The molecule has 0 saturated carbocycles. The average Bonchev–Trinajstić information content (AvgIpc) is 3.18. The number of carbonyl (C=O) groups is 1. The molecule has 164 valence electrons. The van der Waals surface area contributed by atoms with Gasteiger partial charge in [0.1, 0.15) is 4.90 Å². The van der Waals surface area contributed by atoms with E-state index in [9.17, 15) is 21.6 Å². The fraction of sp³-hybridized carbons (Fsp3) is 0.579. The Morgan fingerprint density at radius 3 is 2.53 bits per heavy atom. The Balaban J connectivity index is 1.56. The zero-order valence-electron chi connectivity index (χ0n) is 17.1. The molecule has 0 N–H and O–H groups in total. The van der Waals surface area contributed by atoms with Crippen LogP contribution in [-0.2, 0) is 24.7 Å². The molecule has 3 heterocycles. The van der Waals surface area contributed by atoms with Gasteiger partial charge in [0.25, 0.3) is 10.0 Å². The quantitative estimate of drug-likeness (QED) is 0.606. The third kappa shape index (κ3) is 3.85. The maximum Gasteiger partial charge on any atom is 0.285 e. The van der Waals surface area contributed by atoms with Crippen LogP contribution in [0.4, 0.5) is 0 Å². The lowest BCUT2D eigenvalue weighted by Gasteiger charge is -2.40. The highest BCUT2D eigenvalue weighted by Gasteiger charge is 2.41. The molecule has 2 unspecified atom stereocenters. The van der Waals surface area contributed by atoms with Gasteiger partial charge in [0, 0.05) is 32.7 Å². The predicted octanol–water partition coefficient (Wildman–Crippen LogP) is 0.340. The largest absolute Gasteiger partial charge is 0.355 e. The van der Waals surface area contributed by atoms with E-state index in [1.165, 1.54) is 0 Å². The van der Waals surface area contributed by atoms with E-state index in [1.54, 1.807) is 48.4 Å². The number of piperidine rings is 1. The number of fused-ring (bicyclic) bond motifs is 1. The first-order chi connectivity index (χ1) is 14.1.